The molecule has 1 fully saturated rings. The lowest BCUT2D eigenvalue weighted by Gasteiger charge is -2.32. The summed E-state index contributed by atoms with van der Waals surface area (Å²) < 4.78 is 0. The van der Waals surface area contributed by atoms with E-state index in [1.165, 1.54) is 12.8 Å². The molecule has 1 aliphatic heterocycles. The van der Waals surface area contributed by atoms with Crippen molar-refractivity contribution < 1.29 is 0 Å². The van der Waals surface area contributed by atoms with Gasteiger partial charge in [-0.25, -0.2) is 0 Å². The molecule has 0 bridgehead atoms. The molecular weight excluding hydrogens is 270 g/mol. The molecule has 0 amide bonds. The van der Waals surface area contributed by atoms with Crippen molar-refractivity contribution in [1.29, 1.82) is 0 Å². The van der Waals surface area contributed by atoms with Crippen molar-refractivity contribution in [2.24, 2.45) is 0 Å². The van der Waals surface area contributed by atoms with Crippen LogP contribution in [0.5, 0.6) is 0 Å². The van der Waals surface area contributed by atoms with E-state index in [9.17, 15) is 0 Å². The van der Waals surface area contributed by atoms with Crippen molar-refractivity contribution in [3.8, 4) is 0 Å². The number of hydrogen-bond acceptors (Lipinski definition) is 5. The Morgan fingerprint density at radius 3 is 2.89 bits per heavy atom. The molecule has 0 atom stereocenters. The van der Waals surface area contributed by atoms with Crippen molar-refractivity contribution in [2.75, 3.05) is 24.2 Å². The summed E-state index contributed by atoms with van der Waals surface area (Å²) in [5.74, 6) is 0.901. The zero-order valence-corrected chi connectivity index (χ0v) is 11.6. The van der Waals surface area contributed by atoms with Gasteiger partial charge in [0.05, 0.1) is 11.6 Å². The highest BCUT2D eigenvalue weighted by molar-refractivity contribution is 7.99. The maximum atomic E-state index is 5.96. The number of fused-ring (bicyclic) bond motifs is 1. The molecule has 96 valence electrons. The van der Waals surface area contributed by atoms with Crippen LogP contribution in [0, 0.1) is 0 Å². The molecule has 0 saturated carbocycles. The molecule has 0 aliphatic carbocycles. The number of aromatic nitrogens is 4. The van der Waals surface area contributed by atoms with E-state index in [0.717, 1.165) is 29.5 Å². The number of rotatable bonds is 2. The van der Waals surface area contributed by atoms with Gasteiger partial charge in [-0.05, 0) is 30.7 Å². The summed E-state index contributed by atoms with van der Waals surface area (Å²) in [6, 6.07) is 0. The van der Waals surface area contributed by atoms with Gasteiger partial charge in [-0.15, -0.1) is 0 Å². The average Bonchev–Trinajstić information content (AvgIpc) is 2.86. The first-order chi connectivity index (χ1) is 8.78. The summed E-state index contributed by atoms with van der Waals surface area (Å²) in [7, 11) is 0. The number of piperidine rings is 1. The number of nitrogens with one attached hydrogen (secondary N) is 1. The number of halogens is 1. The summed E-state index contributed by atoms with van der Waals surface area (Å²) >= 11 is 7.90. The van der Waals surface area contributed by atoms with E-state index >= 15 is 0 Å². The molecular formula is C11H14ClN5S. The first kappa shape index (κ1) is 12.0. The van der Waals surface area contributed by atoms with Crippen LogP contribution in [0.4, 0.5) is 5.82 Å². The second-order valence-corrected chi connectivity index (χ2v) is 5.85. The van der Waals surface area contributed by atoms with Crippen LogP contribution in [0.3, 0.4) is 0 Å². The van der Waals surface area contributed by atoms with Gasteiger partial charge in [0, 0.05) is 18.3 Å². The maximum Gasteiger partial charge on any atom is 0.226 e. The Labute approximate surface area is 114 Å². The number of hydrogen-bond donors (Lipinski definition) is 1. The first-order valence-electron chi connectivity index (χ1n) is 5.92. The molecule has 7 heteroatoms. The summed E-state index contributed by atoms with van der Waals surface area (Å²) in [6.07, 6.45) is 6.31. The minimum absolute atomic E-state index is 0.272. The summed E-state index contributed by atoms with van der Waals surface area (Å²) in [6.45, 7) is 2.03. The molecule has 5 nitrogen and oxygen atoms in total. The maximum absolute atomic E-state index is 5.96. The Morgan fingerprint density at radius 2 is 2.17 bits per heavy atom. The summed E-state index contributed by atoms with van der Waals surface area (Å²) in [4.78, 5) is 10.8. The second-order valence-electron chi connectivity index (χ2n) is 4.37. The van der Waals surface area contributed by atoms with E-state index in [0.29, 0.717) is 5.65 Å². The average molecular weight is 284 g/mol. The molecule has 0 unspecified atom stereocenters. The third-order valence-electron chi connectivity index (χ3n) is 3.34. The topological polar surface area (TPSA) is 57.7 Å². The highest BCUT2D eigenvalue weighted by atomic mass is 35.5. The molecule has 1 saturated heterocycles. The predicted octanol–water partition coefficient (Wildman–Crippen LogP) is 2.34. The molecule has 3 heterocycles. The van der Waals surface area contributed by atoms with Crippen LogP contribution in [-0.4, -0.2) is 44.8 Å². The van der Waals surface area contributed by atoms with Gasteiger partial charge < -0.3 is 4.90 Å². The van der Waals surface area contributed by atoms with Gasteiger partial charge in [-0.3, -0.25) is 5.10 Å². The molecule has 1 N–H and O–H groups in total. The molecule has 0 aromatic carbocycles. The zero-order chi connectivity index (χ0) is 12.5. The van der Waals surface area contributed by atoms with Crippen molar-refractivity contribution in [3.63, 3.8) is 0 Å². The highest BCUT2D eigenvalue weighted by Gasteiger charge is 2.22. The molecule has 18 heavy (non-hydrogen) atoms. The number of aromatic amines is 1. The number of H-pyrrole nitrogens is 1. The lowest BCUT2D eigenvalue weighted by atomic mass is 10.1. The van der Waals surface area contributed by atoms with Gasteiger partial charge in [0.25, 0.3) is 0 Å². The van der Waals surface area contributed by atoms with Crippen molar-refractivity contribution in [1.82, 2.24) is 20.2 Å². The van der Waals surface area contributed by atoms with Gasteiger partial charge in [0.1, 0.15) is 5.82 Å². The molecule has 0 radical (unpaired) electrons. The SMILES string of the molecule is CSC1CCN(c2nc(Cl)nc3[nH]ncc23)CC1. The van der Waals surface area contributed by atoms with Gasteiger partial charge in [-0.1, -0.05) is 0 Å². The fourth-order valence-electron chi connectivity index (χ4n) is 2.34. The Bertz CT molecular complexity index is 549. The number of nitrogens with zero attached hydrogens (tertiary/aromatic N) is 4. The zero-order valence-electron chi connectivity index (χ0n) is 10.1. The Morgan fingerprint density at radius 1 is 1.39 bits per heavy atom. The van der Waals surface area contributed by atoms with Crippen LogP contribution < -0.4 is 4.90 Å². The fourth-order valence-corrected chi connectivity index (χ4v) is 3.18. The third kappa shape index (κ3) is 2.14. The minimum Gasteiger partial charge on any atom is -0.356 e. The highest BCUT2D eigenvalue weighted by Crippen LogP contribution is 2.28. The van der Waals surface area contributed by atoms with Crippen LogP contribution in [0.2, 0.25) is 5.28 Å². The van der Waals surface area contributed by atoms with Crippen molar-refractivity contribution in [2.45, 2.75) is 18.1 Å². The number of thioether (sulfide) groups is 1. The quantitative estimate of drug-likeness (QED) is 0.858. The standard InChI is InChI=1S/C11H14ClN5S/c1-18-7-2-4-17(5-3-7)10-8-6-13-16-9(8)14-11(12)15-10/h6-7H,2-5H2,1H3,(H,13,14,15,16). The van der Waals surface area contributed by atoms with Crippen LogP contribution in [0.15, 0.2) is 6.20 Å². The molecule has 2 aromatic heterocycles. The normalized spacial score (nSPS) is 17.6. The smallest absolute Gasteiger partial charge is 0.226 e. The van der Waals surface area contributed by atoms with Crippen molar-refractivity contribution in [3.05, 3.63) is 11.5 Å². The van der Waals surface area contributed by atoms with Crippen LogP contribution >= 0.6 is 23.4 Å². The molecule has 0 spiro atoms. The first-order valence-corrected chi connectivity index (χ1v) is 7.59. The fraction of sp³-hybridized carbons (Fsp3) is 0.545. The van der Waals surface area contributed by atoms with E-state index in [2.05, 4.69) is 31.3 Å². The lowest BCUT2D eigenvalue weighted by molar-refractivity contribution is 0.588. The van der Waals surface area contributed by atoms with Gasteiger partial charge in [-0.2, -0.15) is 26.8 Å². The Hall–Kier alpha value is -1.01. The predicted molar refractivity (Wildman–Crippen MR) is 75.4 cm³/mol. The molecule has 3 rings (SSSR count). The van der Waals surface area contributed by atoms with Crippen LogP contribution in [-0.2, 0) is 0 Å². The van der Waals surface area contributed by atoms with Crippen LogP contribution in [0.1, 0.15) is 12.8 Å². The van der Waals surface area contributed by atoms with Gasteiger partial charge in [0.2, 0.25) is 5.28 Å². The Kier molecular flexibility index (Phi) is 3.30. The lowest BCUT2D eigenvalue weighted by Crippen LogP contribution is -2.35. The van der Waals surface area contributed by atoms with E-state index in [4.69, 9.17) is 11.6 Å². The molecule has 1 aliphatic rings. The van der Waals surface area contributed by atoms with E-state index in [1.807, 2.05) is 11.8 Å². The molecule has 2 aromatic rings. The van der Waals surface area contributed by atoms with E-state index in [1.54, 1.807) is 6.20 Å². The largest absolute Gasteiger partial charge is 0.356 e. The monoisotopic (exact) mass is 283 g/mol. The number of anilines is 1. The van der Waals surface area contributed by atoms with Gasteiger partial charge in [0.15, 0.2) is 5.65 Å². The summed E-state index contributed by atoms with van der Waals surface area (Å²) in [5, 5.41) is 8.84. The Balaban J connectivity index is 1.92. The summed E-state index contributed by atoms with van der Waals surface area (Å²) in [5.41, 5.74) is 0.706. The van der Waals surface area contributed by atoms with E-state index in [-0.39, 0.29) is 5.28 Å². The van der Waals surface area contributed by atoms with E-state index < -0.39 is 0 Å². The van der Waals surface area contributed by atoms with Gasteiger partial charge >= 0.3 is 0 Å². The second kappa shape index (κ2) is 4.93. The van der Waals surface area contributed by atoms with Crippen LogP contribution in [0.25, 0.3) is 11.0 Å². The minimum atomic E-state index is 0.272. The van der Waals surface area contributed by atoms with Crippen molar-refractivity contribution >= 4 is 40.2 Å². The third-order valence-corrected chi connectivity index (χ3v) is 4.64.